The molecule has 0 radical (unpaired) electrons. The Bertz CT molecular complexity index is 341. The predicted molar refractivity (Wildman–Crippen MR) is 71.8 cm³/mol. The Morgan fingerprint density at radius 3 is 2.71 bits per heavy atom. The summed E-state index contributed by atoms with van der Waals surface area (Å²) in [7, 11) is 0. The van der Waals surface area contributed by atoms with Crippen LogP contribution in [0.3, 0.4) is 0 Å². The number of hydrogen-bond acceptors (Lipinski definition) is 2. The van der Waals surface area contributed by atoms with Crippen molar-refractivity contribution >= 4 is 0 Å². The molecular formula is C15H24N2. The average Bonchev–Trinajstić information content (AvgIpc) is 2.32. The molecule has 1 aliphatic carbocycles. The zero-order valence-electron chi connectivity index (χ0n) is 11.1. The molecule has 0 bridgehead atoms. The van der Waals surface area contributed by atoms with Crippen molar-refractivity contribution in [2.45, 2.75) is 46.1 Å². The van der Waals surface area contributed by atoms with Crippen molar-refractivity contribution in [3.63, 3.8) is 0 Å². The van der Waals surface area contributed by atoms with Gasteiger partial charge in [-0.3, -0.25) is 4.98 Å². The number of hydrogen-bond donors (Lipinski definition) is 1. The van der Waals surface area contributed by atoms with Gasteiger partial charge < -0.3 is 5.32 Å². The molecule has 94 valence electrons. The minimum Gasteiger partial charge on any atom is -0.311 e. The molecule has 0 unspecified atom stereocenters. The number of aryl methyl sites for hydroxylation is 1. The maximum atomic E-state index is 4.51. The smallest absolute Gasteiger partial charge is 0.0544 e. The van der Waals surface area contributed by atoms with Gasteiger partial charge in [0.15, 0.2) is 0 Å². The molecule has 1 N–H and O–H groups in total. The van der Waals surface area contributed by atoms with E-state index in [0.29, 0.717) is 0 Å². The fourth-order valence-corrected chi connectivity index (χ4v) is 2.64. The highest BCUT2D eigenvalue weighted by Gasteiger charge is 2.17. The Morgan fingerprint density at radius 2 is 2.00 bits per heavy atom. The third kappa shape index (κ3) is 4.12. The highest BCUT2D eigenvalue weighted by molar-refractivity contribution is 5.09. The van der Waals surface area contributed by atoms with E-state index >= 15 is 0 Å². The molecule has 1 fully saturated rings. The van der Waals surface area contributed by atoms with E-state index in [-0.39, 0.29) is 0 Å². The molecule has 1 saturated carbocycles. The van der Waals surface area contributed by atoms with Gasteiger partial charge in [-0.25, -0.2) is 0 Å². The van der Waals surface area contributed by atoms with Crippen molar-refractivity contribution < 1.29 is 0 Å². The SMILES string of the molecule is Cc1cccc(CNCC2CCC(C)CC2)n1. The van der Waals surface area contributed by atoms with E-state index in [1.807, 2.05) is 13.0 Å². The number of aromatic nitrogens is 1. The van der Waals surface area contributed by atoms with Crippen molar-refractivity contribution in [1.29, 1.82) is 0 Å². The maximum absolute atomic E-state index is 4.51. The van der Waals surface area contributed by atoms with Crippen molar-refractivity contribution in [3.05, 3.63) is 29.6 Å². The minimum atomic E-state index is 0.885. The van der Waals surface area contributed by atoms with Crippen LogP contribution in [0.5, 0.6) is 0 Å². The van der Waals surface area contributed by atoms with E-state index in [1.54, 1.807) is 0 Å². The van der Waals surface area contributed by atoms with E-state index in [1.165, 1.54) is 25.7 Å². The van der Waals surface area contributed by atoms with Crippen LogP contribution in [0.1, 0.15) is 44.0 Å². The molecule has 0 saturated heterocycles. The van der Waals surface area contributed by atoms with Gasteiger partial charge in [0.2, 0.25) is 0 Å². The molecule has 17 heavy (non-hydrogen) atoms. The van der Waals surface area contributed by atoms with Gasteiger partial charge in [0.25, 0.3) is 0 Å². The first-order valence-electron chi connectivity index (χ1n) is 6.87. The van der Waals surface area contributed by atoms with Gasteiger partial charge in [-0.05, 0) is 50.3 Å². The van der Waals surface area contributed by atoms with Gasteiger partial charge >= 0.3 is 0 Å². The van der Waals surface area contributed by atoms with Crippen LogP contribution in [0.25, 0.3) is 0 Å². The molecule has 1 heterocycles. The summed E-state index contributed by atoms with van der Waals surface area (Å²) in [5, 5.41) is 3.55. The predicted octanol–water partition coefficient (Wildman–Crippen LogP) is 3.31. The lowest BCUT2D eigenvalue weighted by Gasteiger charge is -2.26. The Kier molecular flexibility index (Phi) is 4.55. The van der Waals surface area contributed by atoms with Gasteiger partial charge in [0.05, 0.1) is 5.69 Å². The van der Waals surface area contributed by atoms with Gasteiger partial charge in [-0.1, -0.05) is 25.8 Å². The lowest BCUT2D eigenvalue weighted by atomic mass is 9.83. The van der Waals surface area contributed by atoms with Crippen LogP contribution in [-0.2, 0) is 6.54 Å². The van der Waals surface area contributed by atoms with Crippen molar-refractivity contribution in [1.82, 2.24) is 10.3 Å². The van der Waals surface area contributed by atoms with Crippen molar-refractivity contribution in [2.75, 3.05) is 6.54 Å². The Hall–Kier alpha value is -0.890. The molecule has 0 spiro atoms. The molecule has 0 atom stereocenters. The summed E-state index contributed by atoms with van der Waals surface area (Å²) in [4.78, 5) is 4.51. The van der Waals surface area contributed by atoms with Gasteiger partial charge in [-0.2, -0.15) is 0 Å². The first kappa shape index (κ1) is 12.6. The molecule has 0 aliphatic heterocycles. The Labute approximate surface area is 105 Å². The van der Waals surface area contributed by atoms with E-state index in [4.69, 9.17) is 0 Å². The molecule has 1 aliphatic rings. The zero-order chi connectivity index (χ0) is 12.1. The summed E-state index contributed by atoms with van der Waals surface area (Å²) in [6, 6.07) is 6.23. The first-order chi connectivity index (χ1) is 8.24. The number of pyridine rings is 1. The summed E-state index contributed by atoms with van der Waals surface area (Å²) in [5.41, 5.74) is 2.27. The van der Waals surface area contributed by atoms with Gasteiger partial charge in [0.1, 0.15) is 0 Å². The highest BCUT2D eigenvalue weighted by atomic mass is 14.9. The topological polar surface area (TPSA) is 24.9 Å². The van der Waals surface area contributed by atoms with Crippen LogP contribution >= 0.6 is 0 Å². The summed E-state index contributed by atoms with van der Waals surface area (Å²) in [6.45, 7) is 6.49. The van der Waals surface area contributed by atoms with Crippen molar-refractivity contribution in [2.24, 2.45) is 11.8 Å². The zero-order valence-corrected chi connectivity index (χ0v) is 11.1. The molecule has 2 rings (SSSR count). The molecular weight excluding hydrogens is 208 g/mol. The fourth-order valence-electron chi connectivity index (χ4n) is 2.64. The number of rotatable bonds is 4. The Balaban J connectivity index is 1.69. The lowest BCUT2D eigenvalue weighted by Crippen LogP contribution is -2.26. The second-order valence-corrected chi connectivity index (χ2v) is 5.53. The third-order valence-electron chi connectivity index (χ3n) is 3.82. The summed E-state index contributed by atoms with van der Waals surface area (Å²) < 4.78 is 0. The standard InChI is InChI=1S/C15H24N2/c1-12-6-8-14(9-7-12)10-16-11-15-5-3-4-13(2)17-15/h3-5,12,14,16H,6-11H2,1-2H3. The molecule has 0 amide bonds. The molecule has 2 heteroatoms. The lowest BCUT2D eigenvalue weighted by molar-refractivity contribution is 0.281. The summed E-state index contributed by atoms with van der Waals surface area (Å²) in [6.07, 6.45) is 5.62. The molecule has 1 aromatic heterocycles. The van der Waals surface area contributed by atoms with E-state index in [2.05, 4.69) is 29.4 Å². The van der Waals surface area contributed by atoms with Gasteiger partial charge in [0, 0.05) is 12.2 Å². The number of nitrogens with zero attached hydrogens (tertiary/aromatic N) is 1. The van der Waals surface area contributed by atoms with Crippen LogP contribution in [0.4, 0.5) is 0 Å². The third-order valence-corrected chi connectivity index (χ3v) is 3.82. The summed E-state index contributed by atoms with van der Waals surface area (Å²) >= 11 is 0. The van der Waals surface area contributed by atoms with E-state index in [0.717, 1.165) is 36.3 Å². The first-order valence-corrected chi connectivity index (χ1v) is 6.87. The molecule has 0 aromatic carbocycles. The van der Waals surface area contributed by atoms with Gasteiger partial charge in [-0.15, -0.1) is 0 Å². The second kappa shape index (κ2) is 6.15. The molecule has 2 nitrogen and oxygen atoms in total. The largest absolute Gasteiger partial charge is 0.311 e. The van der Waals surface area contributed by atoms with Crippen LogP contribution < -0.4 is 5.32 Å². The normalized spacial score (nSPS) is 24.8. The Morgan fingerprint density at radius 1 is 1.24 bits per heavy atom. The van der Waals surface area contributed by atoms with E-state index in [9.17, 15) is 0 Å². The minimum absolute atomic E-state index is 0.885. The van der Waals surface area contributed by atoms with Crippen LogP contribution in [0.2, 0.25) is 0 Å². The summed E-state index contributed by atoms with van der Waals surface area (Å²) in [5.74, 6) is 1.83. The van der Waals surface area contributed by atoms with E-state index < -0.39 is 0 Å². The van der Waals surface area contributed by atoms with Crippen LogP contribution in [0.15, 0.2) is 18.2 Å². The monoisotopic (exact) mass is 232 g/mol. The van der Waals surface area contributed by atoms with Crippen LogP contribution in [0, 0.1) is 18.8 Å². The fraction of sp³-hybridized carbons (Fsp3) is 0.667. The molecule has 1 aromatic rings. The average molecular weight is 232 g/mol. The second-order valence-electron chi connectivity index (χ2n) is 5.53. The maximum Gasteiger partial charge on any atom is 0.0544 e. The van der Waals surface area contributed by atoms with Crippen LogP contribution in [-0.4, -0.2) is 11.5 Å². The highest BCUT2D eigenvalue weighted by Crippen LogP contribution is 2.27. The number of nitrogens with one attached hydrogen (secondary N) is 1. The van der Waals surface area contributed by atoms with Crippen molar-refractivity contribution in [3.8, 4) is 0 Å². The quantitative estimate of drug-likeness (QED) is 0.861.